The van der Waals surface area contributed by atoms with E-state index < -0.39 is 11.6 Å². The van der Waals surface area contributed by atoms with E-state index in [2.05, 4.69) is 27.0 Å². The van der Waals surface area contributed by atoms with E-state index in [0.717, 1.165) is 34.3 Å². The summed E-state index contributed by atoms with van der Waals surface area (Å²) >= 11 is 1.38. The summed E-state index contributed by atoms with van der Waals surface area (Å²) in [5.74, 6) is 0.485. The first kappa shape index (κ1) is 23.3. The van der Waals surface area contributed by atoms with Crippen LogP contribution >= 0.6 is 11.8 Å². The monoisotopic (exact) mass is 477 g/mol. The molecule has 1 N–H and O–H groups in total. The van der Waals surface area contributed by atoms with Crippen molar-refractivity contribution in [1.82, 2.24) is 15.0 Å². The van der Waals surface area contributed by atoms with Crippen LogP contribution in [0.2, 0.25) is 0 Å². The van der Waals surface area contributed by atoms with Crippen molar-refractivity contribution < 1.29 is 13.5 Å². The highest BCUT2D eigenvalue weighted by molar-refractivity contribution is 8.02. The van der Waals surface area contributed by atoms with E-state index in [9.17, 15) is 8.78 Å². The van der Waals surface area contributed by atoms with Crippen LogP contribution in [0.4, 0.5) is 14.6 Å². The Hall–Kier alpha value is -3.85. The second kappa shape index (κ2) is 10.8. The van der Waals surface area contributed by atoms with Crippen LogP contribution in [0.5, 0.6) is 5.75 Å². The maximum absolute atomic E-state index is 13.6. The number of hydrogen-bond donors (Lipinski definition) is 1. The molecule has 0 saturated heterocycles. The summed E-state index contributed by atoms with van der Waals surface area (Å²) in [7, 11) is 0. The summed E-state index contributed by atoms with van der Waals surface area (Å²) in [5, 5.41) is 5.85. The average Bonchev–Trinajstić information content (AvgIpc) is 2.86. The van der Waals surface area contributed by atoms with Crippen LogP contribution < -0.4 is 10.1 Å². The maximum Gasteiger partial charge on any atom is 0.163 e. The summed E-state index contributed by atoms with van der Waals surface area (Å²) in [4.78, 5) is 17.5. The van der Waals surface area contributed by atoms with Crippen LogP contribution in [0.1, 0.15) is 12.5 Å². The molecule has 0 amide bonds. The van der Waals surface area contributed by atoms with Gasteiger partial charge in [-0.3, -0.25) is 9.98 Å². The van der Waals surface area contributed by atoms with E-state index >= 15 is 0 Å². The molecule has 2 aromatic heterocycles. The Kier molecular flexibility index (Phi) is 7.44. The number of ether oxygens (including phenoxy) is 1. The predicted molar refractivity (Wildman–Crippen MR) is 134 cm³/mol. The minimum Gasteiger partial charge on any atom is -0.494 e. The lowest BCUT2D eigenvalue weighted by atomic mass is 10.2. The van der Waals surface area contributed by atoms with Crippen LogP contribution in [0, 0.1) is 11.6 Å². The van der Waals surface area contributed by atoms with Crippen LogP contribution in [0.25, 0.3) is 28.0 Å². The predicted octanol–water partition coefficient (Wildman–Crippen LogP) is 6.17. The maximum atomic E-state index is 13.6. The number of hydrogen-bond acceptors (Lipinski definition) is 7. The van der Waals surface area contributed by atoms with Gasteiger partial charge in [0, 0.05) is 28.9 Å². The molecule has 0 radical (unpaired) electrons. The number of pyridine rings is 1. The first-order valence-corrected chi connectivity index (χ1v) is 11.5. The summed E-state index contributed by atoms with van der Waals surface area (Å²) in [6.07, 6.45) is 3.40. The van der Waals surface area contributed by atoms with Gasteiger partial charge in [-0.15, -0.1) is 11.8 Å². The van der Waals surface area contributed by atoms with Gasteiger partial charge in [-0.2, -0.15) is 0 Å². The van der Waals surface area contributed by atoms with Crippen LogP contribution in [-0.2, 0) is 0 Å². The number of anilines is 1. The summed E-state index contributed by atoms with van der Waals surface area (Å²) in [5.41, 5.74) is 2.43. The third kappa shape index (κ3) is 5.37. The SMILES string of the molecule is C=N/C(=C\SCNc1nc(-c2cccnc2)nc2ccc(OCC)cc12)c1ccc(F)c(F)c1. The molecular formula is C25H21F2N5OS. The van der Waals surface area contributed by atoms with Crippen molar-refractivity contribution in [1.29, 1.82) is 0 Å². The largest absolute Gasteiger partial charge is 0.494 e. The molecule has 34 heavy (non-hydrogen) atoms. The Balaban J connectivity index is 1.60. The molecule has 172 valence electrons. The van der Waals surface area contributed by atoms with E-state index in [0.29, 0.717) is 35.4 Å². The first-order valence-electron chi connectivity index (χ1n) is 10.4. The minimum absolute atomic E-state index is 0.431. The molecule has 9 heteroatoms. The Bertz CT molecular complexity index is 1350. The van der Waals surface area contributed by atoms with Gasteiger partial charge in [-0.1, -0.05) is 0 Å². The lowest BCUT2D eigenvalue weighted by Gasteiger charge is -2.12. The summed E-state index contributed by atoms with van der Waals surface area (Å²) < 4.78 is 32.5. The zero-order valence-electron chi connectivity index (χ0n) is 18.3. The number of rotatable bonds is 9. The number of aromatic nitrogens is 3. The van der Waals surface area contributed by atoms with Gasteiger partial charge in [0.25, 0.3) is 0 Å². The third-order valence-corrected chi connectivity index (χ3v) is 5.50. The molecule has 0 fully saturated rings. The lowest BCUT2D eigenvalue weighted by Crippen LogP contribution is -2.03. The minimum atomic E-state index is -0.935. The second-order valence-electron chi connectivity index (χ2n) is 7.03. The smallest absolute Gasteiger partial charge is 0.163 e. The molecular weight excluding hydrogens is 456 g/mol. The first-order chi connectivity index (χ1) is 16.6. The molecule has 0 atom stereocenters. The number of benzene rings is 2. The highest BCUT2D eigenvalue weighted by atomic mass is 32.2. The molecule has 0 saturated carbocycles. The fourth-order valence-electron chi connectivity index (χ4n) is 3.21. The zero-order valence-corrected chi connectivity index (χ0v) is 19.1. The number of nitrogens with one attached hydrogen (secondary N) is 1. The standard InChI is InChI=1S/C25H21F2N5OS/c1-3-33-18-7-9-22-19(12-18)25(32-24(31-22)17-5-4-10-29-13-17)30-15-34-14-23(28-2)16-6-8-20(26)21(27)11-16/h4-14H,2-3,15H2,1H3,(H,30,31,32)/b23-14-. The summed E-state index contributed by atoms with van der Waals surface area (Å²) in [6.45, 7) is 6.00. The molecule has 0 unspecified atom stereocenters. The second-order valence-corrected chi connectivity index (χ2v) is 7.89. The van der Waals surface area contributed by atoms with Crippen molar-refractivity contribution in [3.05, 3.63) is 83.5 Å². The van der Waals surface area contributed by atoms with Gasteiger partial charge in [0.2, 0.25) is 0 Å². The molecule has 2 aromatic carbocycles. The molecule has 0 aliphatic heterocycles. The van der Waals surface area contributed by atoms with Crippen molar-refractivity contribution in [2.75, 3.05) is 17.8 Å². The lowest BCUT2D eigenvalue weighted by molar-refractivity contribution is 0.340. The Morgan fingerprint density at radius 2 is 2.03 bits per heavy atom. The topological polar surface area (TPSA) is 72.3 Å². The number of fused-ring (bicyclic) bond motifs is 1. The van der Waals surface area contributed by atoms with Crippen molar-refractivity contribution >= 4 is 40.9 Å². The molecule has 0 spiro atoms. The fraction of sp³-hybridized carbons (Fsp3) is 0.120. The van der Waals surface area contributed by atoms with Gasteiger partial charge >= 0.3 is 0 Å². The van der Waals surface area contributed by atoms with E-state index in [1.54, 1.807) is 17.8 Å². The van der Waals surface area contributed by atoms with E-state index in [4.69, 9.17) is 9.72 Å². The van der Waals surface area contributed by atoms with Gasteiger partial charge in [-0.25, -0.2) is 18.7 Å². The van der Waals surface area contributed by atoms with Crippen molar-refractivity contribution in [2.45, 2.75) is 6.92 Å². The molecule has 0 bridgehead atoms. The Morgan fingerprint density at radius 3 is 2.76 bits per heavy atom. The zero-order chi connectivity index (χ0) is 23.9. The van der Waals surface area contributed by atoms with Gasteiger partial charge in [0.05, 0.1) is 23.7 Å². The van der Waals surface area contributed by atoms with Gasteiger partial charge in [-0.05, 0) is 67.6 Å². The molecule has 4 aromatic rings. The highest BCUT2D eigenvalue weighted by Crippen LogP contribution is 2.29. The van der Waals surface area contributed by atoms with Gasteiger partial charge < -0.3 is 10.1 Å². The average molecular weight is 478 g/mol. The van der Waals surface area contributed by atoms with E-state index in [-0.39, 0.29) is 0 Å². The van der Waals surface area contributed by atoms with E-state index in [1.807, 2.05) is 37.3 Å². The molecule has 0 aliphatic rings. The van der Waals surface area contributed by atoms with Crippen molar-refractivity contribution in [3.8, 4) is 17.1 Å². The Morgan fingerprint density at radius 1 is 1.15 bits per heavy atom. The fourth-order valence-corrected chi connectivity index (χ4v) is 3.88. The quantitative estimate of drug-likeness (QED) is 0.177. The molecule has 4 rings (SSSR count). The Labute approximate surface area is 199 Å². The third-order valence-electron chi connectivity index (χ3n) is 4.80. The normalized spacial score (nSPS) is 11.4. The highest BCUT2D eigenvalue weighted by Gasteiger charge is 2.11. The molecule has 6 nitrogen and oxygen atoms in total. The summed E-state index contributed by atoms with van der Waals surface area (Å²) in [6, 6.07) is 13.0. The number of nitrogens with zero attached hydrogens (tertiary/aromatic N) is 4. The van der Waals surface area contributed by atoms with Crippen LogP contribution in [-0.4, -0.2) is 34.2 Å². The van der Waals surface area contributed by atoms with Crippen molar-refractivity contribution in [2.24, 2.45) is 4.99 Å². The molecule has 2 heterocycles. The van der Waals surface area contributed by atoms with Gasteiger partial charge in [0.15, 0.2) is 17.5 Å². The number of halogens is 2. The number of aliphatic imine (C=N–C) groups is 1. The molecule has 0 aliphatic carbocycles. The van der Waals surface area contributed by atoms with Gasteiger partial charge in [0.1, 0.15) is 11.6 Å². The van der Waals surface area contributed by atoms with Crippen LogP contribution in [0.15, 0.2) is 71.3 Å². The number of thioether (sulfide) groups is 1. The van der Waals surface area contributed by atoms with Crippen molar-refractivity contribution in [3.63, 3.8) is 0 Å². The van der Waals surface area contributed by atoms with Crippen LogP contribution in [0.3, 0.4) is 0 Å². The van der Waals surface area contributed by atoms with E-state index in [1.165, 1.54) is 17.8 Å².